The number of anilines is 1. The van der Waals surface area contributed by atoms with Gasteiger partial charge in [0.1, 0.15) is 6.10 Å². The predicted molar refractivity (Wildman–Crippen MR) is 67.4 cm³/mol. The topological polar surface area (TPSA) is 71.5 Å². The number of nitrogens with zero attached hydrogens (tertiary/aromatic N) is 1. The van der Waals surface area contributed by atoms with Crippen molar-refractivity contribution < 1.29 is 19.0 Å². The molecule has 19 heavy (non-hydrogen) atoms. The van der Waals surface area contributed by atoms with E-state index in [1.165, 1.54) is 12.3 Å². The van der Waals surface area contributed by atoms with Gasteiger partial charge in [0.15, 0.2) is 6.17 Å². The van der Waals surface area contributed by atoms with Crippen LogP contribution in [-0.2, 0) is 9.53 Å². The number of aromatic nitrogens is 1. The lowest BCUT2D eigenvalue weighted by Gasteiger charge is -2.12. The first-order valence-corrected chi connectivity index (χ1v) is 6.27. The minimum absolute atomic E-state index is 0.0911. The van der Waals surface area contributed by atoms with E-state index >= 15 is 0 Å². The molecule has 0 spiro atoms. The fourth-order valence-electron chi connectivity index (χ4n) is 2.01. The molecule has 1 aliphatic rings. The first kappa shape index (κ1) is 13.9. The van der Waals surface area contributed by atoms with Gasteiger partial charge in [0.25, 0.3) is 5.91 Å². The van der Waals surface area contributed by atoms with E-state index in [0.29, 0.717) is 12.1 Å². The molecule has 0 radical (unpaired) electrons. The largest absolute Gasteiger partial charge is 0.393 e. The van der Waals surface area contributed by atoms with Gasteiger partial charge in [-0.15, -0.1) is 0 Å². The summed E-state index contributed by atoms with van der Waals surface area (Å²) in [5, 5.41) is 11.4. The molecular formula is C13H17FN2O3. The quantitative estimate of drug-likeness (QED) is 0.870. The summed E-state index contributed by atoms with van der Waals surface area (Å²) in [6.45, 7) is 1.29. The maximum atomic E-state index is 13.3. The lowest BCUT2D eigenvalue weighted by atomic mass is 10.2. The number of hydrogen-bond acceptors (Lipinski definition) is 4. The van der Waals surface area contributed by atoms with E-state index in [2.05, 4.69) is 10.3 Å². The number of pyridine rings is 1. The van der Waals surface area contributed by atoms with Gasteiger partial charge in [-0.05, 0) is 31.9 Å². The van der Waals surface area contributed by atoms with E-state index in [1.54, 1.807) is 6.07 Å². The lowest BCUT2D eigenvalue weighted by molar-refractivity contribution is -0.126. The van der Waals surface area contributed by atoms with Crippen molar-refractivity contribution in [2.75, 3.05) is 11.9 Å². The maximum absolute atomic E-state index is 13.3. The summed E-state index contributed by atoms with van der Waals surface area (Å²) in [4.78, 5) is 15.7. The molecule has 1 amide bonds. The molecule has 0 saturated carbocycles. The summed E-state index contributed by atoms with van der Waals surface area (Å²) in [6, 6.07) is 2.99. The van der Waals surface area contributed by atoms with Crippen molar-refractivity contribution in [1.29, 1.82) is 0 Å². The van der Waals surface area contributed by atoms with Crippen molar-refractivity contribution in [3.63, 3.8) is 0 Å². The second kappa shape index (κ2) is 6.08. The smallest absolute Gasteiger partial charge is 0.253 e. The zero-order valence-corrected chi connectivity index (χ0v) is 10.7. The minimum atomic E-state index is -1.54. The average Bonchev–Trinajstić information content (AvgIpc) is 2.85. The number of aliphatic hydroxyl groups is 1. The third kappa shape index (κ3) is 3.48. The molecule has 5 nitrogen and oxygen atoms in total. The molecule has 2 N–H and O–H groups in total. The van der Waals surface area contributed by atoms with Gasteiger partial charge in [-0.25, -0.2) is 4.39 Å². The van der Waals surface area contributed by atoms with Gasteiger partial charge < -0.3 is 15.2 Å². The van der Waals surface area contributed by atoms with Gasteiger partial charge in [0.2, 0.25) is 0 Å². The number of alkyl halides is 1. The van der Waals surface area contributed by atoms with Crippen LogP contribution in [0.5, 0.6) is 0 Å². The van der Waals surface area contributed by atoms with Gasteiger partial charge in [0, 0.05) is 11.9 Å². The second-order valence-corrected chi connectivity index (χ2v) is 4.62. The SMILES string of the molecule is CC1CCC(C(=O)Nc2ccnc(C(F)CO)c2)O1. The van der Waals surface area contributed by atoms with Crippen molar-refractivity contribution in [3.05, 3.63) is 24.0 Å². The molecule has 1 aromatic rings. The molecule has 104 valence electrons. The number of carbonyl (C=O) groups excluding carboxylic acids is 1. The van der Waals surface area contributed by atoms with E-state index in [-0.39, 0.29) is 17.7 Å². The van der Waals surface area contributed by atoms with E-state index < -0.39 is 18.9 Å². The van der Waals surface area contributed by atoms with Gasteiger partial charge in [-0.2, -0.15) is 0 Å². The molecule has 3 atom stereocenters. The molecule has 2 rings (SSSR count). The van der Waals surface area contributed by atoms with Crippen molar-refractivity contribution in [1.82, 2.24) is 4.98 Å². The van der Waals surface area contributed by atoms with Crippen molar-refractivity contribution >= 4 is 11.6 Å². The Morgan fingerprint density at radius 3 is 3.11 bits per heavy atom. The number of amides is 1. The number of carbonyl (C=O) groups is 1. The molecule has 1 aliphatic heterocycles. The van der Waals surface area contributed by atoms with Crippen LogP contribution in [-0.4, -0.2) is 34.8 Å². The number of aliphatic hydroxyl groups excluding tert-OH is 1. The summed E-state index contributed by atoms with van der Waals surface area (Å²) in [7, 11) is 0. The lowest BCUT2D eigenvalue weighted by Crippen LogP contribution is -2.27. The molecule has 0 aliphatic carbocycles. The minimum Gasteiger partial charge on any atom is -0.393 e. The van der Waals surface area contributed by atoms with Crippen LogP contribution in [0.2, 0.25) is 0 Å². The average molecular weight is 268 g/mol. The summed E-state index contributed by atoms with van der Waals surface area (Å²) in [6.07, 6.45) is 1.04. The highest BCUT2D eigenvalue weighted by molar-refractivity contribution is 5.94. The number of rotatable bonds is 4. The highest BCUT2D eigenvalue weighted by atomic mass is 19.1. The summed E-state index contributed by atoms with van der Waals surface area (Å²) in [5.41, 5.74) is 0.551. The van der Waals surface area contributed by atoms with E-state index in [0.717, 1.165) is 6.42 Å². The van der Waals surface area contributed by atoms with Gasteiger partial charge in [0.05, 0.1) is 18.4 Å². The van der Waals surface area contributed by atoms with Crippen LogP contribution in [0.15, 0.2) is 18.3 Å². The molecule has 1 aromatic heterocycles. The van der Waals surface area contributed by atoms with Crippen molar-refractivity contribution in [3.8, 4) is 0 Å². The molecule has 2 heterocycles. The third-order valence-electron chi connectivity index (χ3n) is 3.05. The number of ether oxygens (including phenoxy) is 1. The molecule has 6 heteroatoms. The predicted octanol–water partition coefficient (Wildman–Crippen LogP) is 1.59. The zero-order valence-electron chi connectivity index (χ0n) is 10.7. The Labute approximate surface area is 110 Å². The first-order chi connectivity index (χ1) is 9.10. The van der Waals surface area contributed by atoms with E-state index in [9.17, 15) is 9.18 Å². The van der Waals surface area contributed by atoms with E-state index in [1.807, 2.05) is 6.92 Å². The number of halogens is 1. The molecule has 0 bridgehead atoms. The Morgan fingerprint density at radius 2 is 2.47 bits per heavy atom. The van der Waals surface area contributed by atoms with Crippen LogP contribution in [0.4, 0.5) is 10.1 Å². The van der Waals surface area contributed by atoms with Gasteiger partial charge in [-0.3, -0.25) is 9.78 Å². The normalized spacial score (nSPS) is 24.2. The van der Waals surface area contributed by atoms with Crippen molar-refractivity contribution in [2.24, 2.45) is 0 Å². The van der Waals surface area contributed by atoms with Crippen LogP contribution >= 0.6 is 0 Å². The van der Waals surface area contributed by atoms with Crippen LogP contribution in [0.3, 0.4) is 0 Å². The van der Waals surface area contributed by atoms with Crippen LogP contribution in [0, 0.1) is 0 Å². The third-order valence-corrected chi connectivity index (χ3v) is 3.05. The zero-order chi connectivity index (χ0) is 13.8. The van der Waals surface area contributed by atoms with Crippen LogP contribution in [0.1, 0.15) is 31.6 Å². The summed E-state index contributed by atoms with van der Waals surface area (Å²) in [5.74, 6) is -0.235. The summed E-state index contributed by atoms with van der Waals surface area (Å²) >= 11 is 0. The number of hydrogen-bond donors (Lipinski definition) is 2. The van der Waals surface area contributed by atoms with Crippen molar-refractivity contribution in [2.45, 2.75) is 38.1 Å². The Hall–Kier alpha value is -1.53. The Balaban J connectivity index is 2.00. The fourth-order valence-corrected chi connectivity index (χ4v) is 2.01. The molecule has 3 unspecified atom stereocenters. The molecule has 1 saturated heterocycles. The Morgan fingerprint density at radius 1 is 1.68 bits per heavy atom. The first-order valence-electron chi connectivity index (χ1n) is 6.27. The summed E-state index contributed by atoms with van der Waals surface area (Å²) < 4.78 is 18.7. The standard InChI is InChI=1S/C13H17FN2O3/c1-8-2-3-12(19-8)13(18)16-9-4-5-15-11(6-9)10(14)7-17/h4-6,8,10,12,17H,2-3,7H2,1H3,(H,15,16,18). The van der Waals surface area contributed by atoms with Crippen LogP contribution in [0.25, 0.3) is 0 Å². The highest BCUT2D eigenvalue weighted by Gasteiger charge is 2.28. The van der Waals surface area contributed by atoms with Gasteiger partial charge in [-0.1, -0.05) is 0 Å². The Kier molecular flexibility index (Phi) is 4.44. The highest BCUT2D eigenvalue weighted by Crippen LogP contribution is 2.22. The molecule has 1 fully saturated rings. The number of nitrogens with one attached hydrogen (secondary N) is 1. The monoisotopic (exact) mass is 268 g/mol. The maximum Gasteiger partial charge on any atom is 0.253 e. The van der Waals surface area contributed by atoms with Crippen LogP contribution < -0.4 is 5.32 Å². The second-order valence-electron chi connectivity index (χ2n) is 4.62. The van der Waals surface area contributed by atoms with E-state index in [4.69, 9.17) is 9.84 Å². The van der Waals surface area contributed by atoms with Gasteiger partial charge >= 0.3 is 0 Å². The molecular weight excluding hydrogens is 251 g/mol. The molecule has 0 aromatic carbocycles. The Bertz CT molecular complexity index is 455. The fraction of sp³-hybridized carbons (Fsp3) is 0.538.